The van der Waals surface area contributed by atoms with Gasteiger partial charge in [0, 0.05) is 49.3 Å². The lowest BCUT2D eigenvalue weighted by Crippen LogP contribution is -2.51. The third kappa shape index (κ3) is 5.44. The quantitative estimate of drug-likeness (QED) is 0.643. The Hall–Kier alpha value is -3.32. The van der Waals surface area contributed by atoms with Crippen molar-refractivity contribution in [2.24, 2.45) is 0 Å². The molecule has 0 atom stereocenters. The molecule has 1 fully saturated rings. The number of benzene rings is 2. The summed E-state index contributed by atoms with van der Waals surface area (Å²) in [4.78, 5) is 28.8. The molecule has 0 aliphatic carbocycles. The Morgan fingerprint density at radius 1 is 0.968 bits per heavy atom. The van der Waals surface area contributed by atoms with Crippen molar-refractivity contribution in [2.45, 2.75) is 6.42 Å². The molecule has 1 aliphatic heterocycles. The molecule has 31 heavy (non-hydrogen) atoms. The molecule has 3 aromatic rings. The highest BCUT2D eigenvalue weighted by Gasteiger charge is 2.21. The van der Waals surface area contributed by atoms with Gasteiger partial charge >= 0.3 is 0 Å². The second-order valence-corrected chi connectivity index (χ2v) is 7.85. The summed E-state index contributed by atoms with van der Waals surface area (Å²) in [5, 5.41) is 7.63. The van der Waals surface area contributed by atoms with Crippen LogP contribution >= 0.6 is 11.6 Å². The van der Waals surface area contributed by atoms with E-state index in [9.17, 15) is 9.59 Å². The van der Waals surface area contributed by atoms with E-state index in [1.54, 1.807) is 15.8 Å². The summed E-state index contributed by atoms with van der Waals surface area (Å²) >= 11 is 6.07. The number of rotatable bonds is 6. The maximum atomic E-state index is 12.5. The number of halogens is 1. The van der Waals surface area contributed by atoms with Crippen molar-refractivity contribution in [3.05, 3.63) is 77.6 Å². The molecule has 160 valence electrons. The fourth-order valence-electron chi connectivity index (χ4n) is 3.61. The van der Waals surface area contributed by atoms with Gasteiger partial charge in [-0.3, -0.25) is 9.59 Å². The van der Waals surface area contributed by atoms with Gasteiger partial charge in [-0.1, -0.05) is 29.8 Å². The summed E-state index contributed by atoms with van der Waals surface area (Å²) in [7, 11) is 0. The van der Waals surface area contributed by atoms with Gasteiger partial charge in [-0.2, -0.15) is 5.10 Å². The van der Waals surface area contributed by atoms with Crippen LogP contribution in [0.5, 0.6) is 0 Å². The molecular weight excluding hydrogens is 414 g/mol. The summed E-state index contributed by atoms with van der Waals surface area (Å²) in [6.07, 6.45) is 3.81. The molecule has 1 N–H and O–H groups in total. The molecule has 1 saturated heterocycles. The zero-order chi connectivity index (χ0) is 21.6. The number of hydrogen-bond acceptors (Lipinski definition) is 4. The maximum absolute atomic E-state index is 12.5. The molecule has 1 aromatic heterocycles. The van der Waals surface area contributed by atoms with Gasteiger partial charge in [-0.25, -0.2) is 4.68 Å². The fourth-order valence-corrected chi connectivity index (χ4v) is 3.79. The third-order valence-corrected chi connectivity index (χ3v) is 5.55. The lowest BCUT2D eigenvalue weighted by atomic mass is 10.1. The van der Waals surface area contributed by atoms with Crippen LogP contribution in [0.2, 0.25) is 5.02 Å². The van der Waals surface area contributed by atoms with E-state index >= 15 is 0 Å². The van der Waals surface area contributed by atoms with E-state index in [-0.39, 0.29) is 24.8 Å². The average molecular weight is 438 g/mol. The first-order chi connectivity index (χ1) is 15.1. The SMILES string of the molecule is O=C(Cc1ccc(-n2cccn2)cc1)NCC(=O)N1CCN(c2cccc(Cl)c2)CC1. The Morgan fingerprint density at radius 2 is 1.74 bits per heavy atom. The molecule has 0 bridgehead atoms. The maximum Gasteiger partial charge on any atom is 0.242 e. The lowest BCUT2D eigenvalue weighted by molar-refractivity contribution is -0.133. The largest absolute Gasteiger partial charge is 0.368 e. The Labute approximate surface area is 186 Å². The van der Waals surface area contributed by atoms with Gasteiger partial charge in [0.2, 0.25) is 11.8 Å². The van der Waals surface area contributed by atoms with Crippen LogP contribution in [0.15, 0.2) is 67.0 Å². The van der Waals surface area contributed by atoms with Crippen LogP contribution in [0.4, 0.5) is 5.69 Å². The van der Waals surface area contributed by atoms with Crippen LogP contribution < -0.4 is 10.2 Å². The normalized spacial score (nSPS) is 13.8. The molecule has 0 radical (unpaired) electrons. The van der Waals surface area contributed by atoms with E-state index < -0.39 is 0 Å². The minimum absolute atomic E-state index is 0.0152. The molecule has 2 amide bonds. The van der Waals surface area contributed by atoms with Crippen LogP contribution in [0, 0.1) is 0 Å². The first-order valence-corrected chi connectivity index (χ1v) is 10.6. The van der Waals surface area contributed by atoms with Crippen molar-refractivity contribution < 1.29 is 9.59 Å². The second kappa shape index (κ2) is 9.66. The van der Waals surface area contributed by atoms with Crippen molar-refractivity contribution >= 4 is 29.1 Å². The van der Waals surface area contributed by atoms with Gasteiger partial charge in [-0.05, 0) is 42.0 Å². The van der Waals surface area contributed by atoms with Gasteiger partial charge in [-0.15, -0.1) is 0 Å². The number of nitrogens with zero attached hydrogens (tertiary/aromatic N) is 4. The summed E-state index contributed by atoms with van der Waals surface area (Å²) in [5.41, 5.74) is 2.88. The molecular formula is C23H24ClN5O2. The number of hydrogen-bond donors (Lipinski definition) is 1. The van der Waals surface area contributed by atoms with Crippen LogP contribution in [-0.4, -0.2) is 59.2 Å². The Kier molecular flexibility index (Phi) is 6.52. The predicted molar refractivity (Wildman–Crippen MR) is 121 cm³/mol. The fraction of sp³-hybridized carbons (Fsp3) is 0.261. The van der Waals surface area contributed by atoms with Gasteiger partial charge in [0.15, 0.2) is 0 Å². The first-order valence-electron chi connectivity index (χ1n) is 10.2. The van der Waals surface area contributed by atoms with Crippen molar-refractivity contribution in [3.63, 3.8) is 0 Å². The summed E-state index contributed by atoms with van der Waals surface area (Å²) in [6, 6.07) is 17.2. The van der Waals surface area contributed by atoms with Crippen molar-refractivity contribution in [1.82, 2.24) is 20.0 Å². The van der Waals surface area contributed by atoms with E-state index in [1.165, 1.54) is 0 Å². The molecule has 0 saturated carbocycles. The highest BCUT2D eigenvalue weighted by atomic mass is 35.5. The monoisotopic (exact) mass is 437 g/mol. The first kappa shape index (κ1) is 20.9. The lowest BCUT2D eigenvalue weighted by Gasteiger charge is -2.36. The minimum atomic E-state index is -0.169. The molecule has 4 rings (SSSR count). The number of anilines is 1. The summed E-state index contributed by atoms with van der Waals surface area (Å²) in [6.45, 7) is 2.73. The van der Waals surface area contributed by atoms with Crippen LogP contribution in [0.1, 0.15) is 5.56 Å². The summed E-state index contributed by atoms with van der Waals surface area (Å²) < 4.78 is 1.76. The molecule has 7 nitrogen and oxygen atoms in total. The number of aromatic nitrogens is 2. The van der Waals surface area contributed by atoms with Gasteiger partial charge in [0.05, 0.1) is 18.7 Å². The van der Waals surface area contributed by atoms with E-state index in [0.29, 0.717) is 18.1 Å². The van der Waals surface area contributed by atoms with Crippen molar-refractivity contribution in [2.75, 3.05) is 37.6 Å². The molecule has 1 aliphatic rings. The van der Waals surface area contributed by atoms with E-state index in [2.05, 4.69) is 15.3 Å². The topological polar surface area (TPSA) is 70.5 Å². The molecule has 0 spiro atoms. The Balaban J connectivity index is 1.21. The van der Waals surface area contributed by atoms with Crippen molar-refractivity contribution in [3.8, 4) is 5.69 Å². The van der Waals surface area contributed by atoms with Crippen LogP contribution in [0.25, 0.3) is 5.69 Å². The molecule has 2 heterocycles. The minimum Gasteiger partial charge on any atom is -0.368 e. The van der Waals surface area contributed by atoms with E-state index in [0.717, 1.165) is 30.0 Å². The highest BCUT2D eigenvalue weighted by molar-refractivity contribution is 6.30. The van der Waals surface area contributed by atoms with Crippen LogP contribution in [-0.2, 0) is 16.0 Å². The predicted octanol–water partition coefficient (Wildman–Crippen LogP) is 2.53. The molecule has 0 unspecified atom stereocenters. The Morgan fingerprint density at radius 3 is 2.42 bits per heavy atom. The van der Waals surface area contributed by atoms with Gasteiger partial charge < -0.3 is 15.1 Å². The number of carbonyl (C=O) groups is 2. The molecule has 8 heteroatoms. The zero-order valence-electron chi connectivity index (χ0n) is 17.1. The second-order valence-electron chi connectivity index (χ2n) is 7.42. The Bertz CT molecular complexity index is 1030. The van der Waals surface area contributed by atoms with E-state index in [1.807, 2.05) is 60.8 Å². The van der Waals surface area contributed by atoms with Gasteiger partial charge in [0.25, 0.3) is 0 Å². The number of piperazine rings is 1. The number of amides is 2. The van der Waals surface area contributed by atoms with E-state index in [4.69, 9.17) is 11.6 Å². The number of nitrogens with one attached hydrogen (secondary N) is 1. The van der Waals surface area contributed by atoms with Crippen LogP contribution in [0.3, 0.4) is 0 Å². The van der Waals surface area contributed by atoms with Gasteiger partial charge in [0.1, 0.15) is 0 Å². The smallest absolute Gasteiger partial charge is 0.242 e. The standard InChI is InChI=1S/C23H24ClN5O2/c24-19-3-1-4-21(16-19)27-11-13-28(14-12-27)23(31)17-25-22(30)15-18-5-7-20(8-6-18)29-10-2-9-26-29/h1-10,16H,11-15,17H2,(H,25,30). The average Bonchev–Trinajstić information content (AvgIpc) is 3.33. The number of carbonyl (C=O) groups excluding carboxylic acids is 2. The van der Waals surface area contributed by atoms with Crippen molar-refractivity contribution in [1.29, 1.82) is 0 Å². The summed E-state index contributed by atoms with van der Waals surface area (Å²) in [5.74, 6) is -0.231. The highest BCUT2D eigenvalue weighted by Crippen LogP contribution is 2.20. The zero-order valence-corrected chi connectivity index (χ0v) is 17.8. The third-order valence-electron chi connectivity index (χ3n) is 5.31. The molecule has 2 aromatic carbocycles.